The molecule has 0 spiro atoms. The van der Waals surface area contributed by atoms with E-state index >= 15 is 0 Å². The average Bonchev–Trinajstić information content (AvgIpc) is 2.63. The zero-order valence-electron chi connectivity index (χ0n) is 13.2. The predicted octanol–water partition coefficient (Wildman–Crippen LogP) is 2.41. The molecule has 1 saturated heterocycles. The second-order valence-electron chi connectivity index (χ2n) is 6.02. The lowest BCUT2D eigenvalue weighted by Gasteiger charge is -2.37. The van der Waals surface area contributed by atoms with Crippen LogP contribution in [0.25, 0.3) is 0 Å². The van der Waals surface area contributed by atoms with Gasteiger partial charge >= 0.3 is 0 Å². The van der Waals surface area contributed by atoms with Crippen LogP contribution in [0.1, 0.15) is 36.9 Å². The number of hydrogen-bond acceptors (Lipinski definition) is 3. The van der Waals surface area contributed by atoms with Crippen molar-refractivity contribution in [2.45, 2.75) is 38.8 Å². The molecule has 0 amide bonds. The highest BCUT2D eigenvalue weighted by molar-refractivity contribution is 5.29. The van der Waals surface area contributed by atoms with Gasteiger partial charge in [-0.05, 0) is 44.5 Å². The molecule has 2 rings (SSSR count). The molecule has 2 atom stereocenters. The van der Waals surface area contributed by atoms with Crippen molar-refractivity contribution in [2.24, 2.45) is 5.73 Å². The molecule has 1 heterocycles. The van der Waals surface area contributed by atoms with Crippen molar-refractivity contribution in [3.8, 4) is 0 Å². The van der Waals surface area contributed by atoms with Gasteiger partial charge in [-0.1, -0.05) is 31.2 Å². The zero-order valence-corrected chi connectivity index (χ0v) is 13.2. The van der Waals surface area contributed by atoms with Crippen LogP contribution >= 0.6 is 0 Å². The standard InChI is InChI=1S/C17H29N3/c1-4-15-13-19(3)10-7-11-20(15)17(12-18)16-9-6-5-8-14(16)2/h5-6,8-9,15,17H,4,7,10-13,18H2,1-3H3. The Hall–Kier alpha value is -0.900. The first-order valence-electron chi connectivity index (χ1n) is 7.87. The normalized spacial score (nSPS) is 23.5. The SMILES string of the molecule is CCC1CN(C)CCCN1C(CN)c1ccccc1C. The summed E-state index contributed by atoms with van der Waals surface area (Å²) in [4.78, 5) is 5.10. The van der Waals surface area contributed by atoms with Gasteiger partial charge in [0.15, 0.2) is 0 Å². The molecule has 0 radical (unpaired) electrons. The van der Waals surface area contributed by atoms with Gasteiger partial charge in [-0.3, -0.25) is 4.90 Å². The molecule has 0 aromatic heterocycles. The fourth-order valence-electron chi connectivity index (χ4n) is 3.44. The van der Waals surface area contributed by atoms with Gasteiger partial charge < -0.3 is 10.6 Å². The van der Waals surface area contributed by atoms with E-state index in [-0.39, 0.29) is 0 Å². The van der Waals surface area contributed by atoms with Crippen molar-refractivity contribution in [2.75, 3.05) is 33.2 Å². The first-order chi connectivity index (χ1) is 9.67. The van der Waals surface area contributed by atoms with Crippen molar-refractivity contribution in [1.82, 2.24) is 9.80 Å². The van der Waals surface area contributed by atoms with Crippen molar-refractivity contribution in [3.63, 3.8) is 0 Å². The summed E-state index contributed by atoms with van der Waals surface area (Å²) in [5.74, 6) is 0. The van der Waals surface area contributed by atoms with Gasteiger partial charge in [0, 0.05) is 31.7 Å². The maximum atomic E-state index is 6.15. The van der Waals surface area contributed by atoms with E-state index < -0.39 is 0 Å². The smallest absolute Gasteiger partial charge is 0.0476 e. The molecule has 0 aliphatic carbocycles. The van der Waals surface area contributed by atoms with E-state index in [1.165, 1.54) is 30.5 Å². The van der Waals surface area contributed by atoms with E-state index in [0.29, 0.717) is 18.6 Å². The lowest BCUT2D eigenvalue weighted by Crippen LogP contribution is -2.44. The maximum Gasteiger partial charge on any atom is 0.0476 e. The number of nitrogens with zero attached hydrogens (tertiary/aromatic N) is 2. The van der Waals surface area contributed by atoms with Crippen LogP contribution in [0.4, 0.5) is 0 Å². The summed E-state index contributed by atoms with van der Waals surface area (Å²) in [7, 11) is 2.23. The number of nitrogens with two attached hydrogens (primary N) is 1. The van der Waals surface area contributed by atoms with Crippen LogP contribution in [0.3, 0.4) is 0 Å². The van der Waals surface area contributed by atoms with Crippen LogP contribution < -0.4 is 5.73 Å². The van der Waals surface area contributed by atoms with Crippen molar-refractivity contribution in [3.05, 3.63) is 35.4 Å². The molecule has 3 nitrogen and oxygen atoms in total. The van der Waals surface area contributed by atoms with Crippen molar-refractivity contribution < 1.29 is 0 Å². The molecule has 0 saturated carbocycles. The minimum absolute atomic E-state index is 0.354. The molecule has 0 bridgehead atoms. The highest BCUT2D eigenvalue weighted by Crippen LogP contribution is 2.27. The van der Waals surface area contributed by atoms with E-state index in [1.54, 1.807) is 0 Å². The predicted molar refractivity (Wildman–Crippen MR) is 85.9 cm³/mol. The van der Waals surface area contributed by atoms with Crippen molar-refractivity contribution >= 4 is 0 Å². The number of rotatable bonds is 4. The molecule has 1 fully saturated rings. The van der Waals surface area contributed by atoms with Gasteiger partial charge in [0.05, 0.1) is 0 Å². The van der Waals surface area contributed by atoms with Gasteiger partial charge in [-0.2, -0.15) is 0 Å². The largest absolute Gasteiger partial charge is 0.329 e. The van der Waals surface area contributed by atoms with E-state index in [9.17, 15) is 0 Å². The van der Waals surface area contributed by atoms with E-state index in [1.807, 2.05) is 0 Å². The Morgan fingerprint density at radius 2 is 2.05 bits per heavy atom. The summed E-state index contributed by atoms with van der Waals surface area (Å²) in [6.07, 6.45) is 2.42. The molecule has 20 heavy (non-hydrogen) atoms. The van der Waals surface area contributed by atoms with E-state index in [4.69, 9.17) is 5.73 Å². The summed E-state index contributed by atoms with van der Waals surface area (Å²) >= 11 is 0. The number of likely N-dealkylation sites (N-methyl/N-ethyl adjacent to an activating group) is 1. The average molecular weight is 275 g/mol. The molecule has 1 aliphatic rings. The lowest BCUT2D eigenvalue weighted by molar-refractivity contribution is 0.131. The lowest BCUT2D eigenvalue weighted by atomic mass is 9.98. The Kier molecular flexibility index (Phi) is 5.58. The fourth-order valence-corrected chi connectivity index (χ4v) is 3.44. The Balaban J connectivity index is 2.27. The monoisotopic (exact) mass is 275 g/mol. The third-order valence-electron chi connectivity index (χ3n) is 4.59. The molecule has 2 N–H and O–H groups in total. The van der Waals surface area contributed by atoms with Crippen LogP contribution in [0, 0.1) is 6.92 Å². The molecule has 3 heteroatoms. The van der Waals surface area contributed by atoms with E-state index in [2.05, 4.69) is 55.0 Å². The highest BCUT2D eigenvalue weighted by Gasteiger charge is 2.28. The van der Waals surface area contributed by atoms with Gasteiger partial charge in [0.25, 0.3) is 0 Å². The van der Waals surface area contributed by atoms with E-state index in [0.717, 1.165) is 13.1 Å². The van der Waals surface area contributed by atoms with Crippen LogP contribution in [0.5, 0.6) is 0 Å². The molecule has 1 aromatic carbocycles. The number of benzene rings is 1. The minimum atomic E-state index is 0.354. The molecule has 2 unspecified atom stereocenters. The topological polar surface area (TPSA) is 32.5 Å². The number of hydrogen-bond donors (Lipinski definition) is 1. The van der Waals surface area contributed by atoms with Crippen LogP contribution in [-0.2, 0) is 0 Å². The third-order valence-corrected chi connectivity index (χ3v) is 4.59. The van der Waals surface area contributed by atoms with Gasteiger partial charge in [-0.25, -0.2) is 0 Å². The molecular weight excluding hydrogens is 246 g/mol. The van der Waals surface area contributed by atoms with Crippen LogP contribution in [0.2, 0.25) is 0 Å². The molecular formula is C17H29N3. The first kappa shape index (κ1) is 15.5. The molecule has 1 aromatic rings. The third kappa shape index (κ3) is 3.40. The summed E-state index contributed by atoms with van der Waals surface area (Å²) in [6, 6.07) is 9.65. The van der Waals surface area contributed by atoms with Crippen LogP contribution in [0.15, 0.2) is 24.3 Å². The Morgan fingerprint density at radius 1 is 1.30 bits per heavy atom. The molecule has 112 valence electrons. The first-order valence-corrected chi connectivity index (χ1v) is 7.87. The quantitative estimate of drug-likeness (QED) is 0.916. The highest BCUT2D eigenvalue weighted by atomic mass is 15.3. The summed E-state index contributed by atoms with van der Waals surface area (Å²) in [5, 5.41) is 0. The van der Waals surface area contributed by atoms with Gasteiger partial charge in [0.2, 0.25) is 0 Å². The fraction of sp³-hybridized carbons (Fsp3) is 0.647. The zero-order chi connectivity index (χ0) is 14.5. The number of aryl methyl sites for hydroxylation is 1. The Morgan fingerprint density at radius 3 is 2.70 bits per heavy atom. The second kappa shape index (κ2) is 7.21. The van der Waals surface area contributed by atoms with Crippen LogP contribution in [-0.4, -0.2) is 49.1 Å². The summed E-state index contributed by atoms with van der Waals surface area (Å²) in [5.41, 5.74) is 8.91. The Labute approximate surface area is 123 Å². The summed E-state index contributed by atoms with van der Waals surface area (Å²) < 4.78 is 0. The maximum absolute atomic E-state index is 6.15. The minimum Gasteiger partial charge on any atom is -0.329 e. The van der Waals surface area contributed by atoms with Gasteiger partial charge in [-0.15, -0.1) is 0 Å². The Bertz CT molecular complexity index is 418. The van der Waals surface area contributed by atoms with Crippen molar-refractivity contribution in [1.29, 1.82) is 0 Å². The summed E-state index contributed by atoms with van der Waals surface area (Å²) in [6.45, 7) is 8.69. The molecule has 1 aliphatic heterocycles. The second-order valence-corrected chi connectivity index (χ2v) is 6.02. The van der Waals surface area contributed by atoms with Gasteiger partial charge in [0.1, 0.15) is 0 Å².